The normalized spacial score (nSPS) is 11.0. The number of nitrogens with one attached hydrogen (secondary N) is 2. The molecule has 1 heterocycles. The van der Waals surface area contributed by atoms with Crippen LogP contribution in [0.1, 0.15) is 11.1 Å². The molecule has 0 saturated heterocycles. The fourth-order valence-corrected chi connectivity index (χ4v) is 2.47. The predicted octanol–water partition coefficient (Wildman–Crippen LogP) is 3.00. The molecule has 0 aliphatic heterocycles. The second-order valence-electron chi connectivity index (χ2n) is 5.27. The van der Waals surface area contributed by atoms with Gasteiger partial charge in [0.25, 0.3) is 5.56 Å². The van der Waals surface area contributed by atoms with Gasteiger partial charge in [-0.1, -0.05) is 30.3 Å². The van der Waals surface area contributed by atoms with Crippen molar-refractivity contribution in [1.29, 1.82) is 0 Å². The Balaban J connectivity index is 1.62. The summed E-state index contributed by atoms with van der Waals surface area (Å²) in [5.74, 6) is -0.219. The molecule has 0 radical (unpaired) electrons. The fourth-order valence-electron chi connectivity index (χ4n) is 2.47. The first-order valence-corrected chi connectivity index (χ1v) is 7.28. The van der Waals surface area contributed by atoms with Crippen LogP contribution < -0.4 is 10.9 Å². The van der Waals surface area contributed by atoms with Crippen molar-refractivity contribution >= 4 is 10.9 Å². The Kier molecular flexibility index (Phi) is 4.30. The highest BCUT2D eigenvalue weighted by Crippen LogP contribution is 2.10. The maximum absolute atomic E-state index is 13.1. The summed E-state index contributed by atoms with van der Waals surface area (Å²) >= 11 is 0. The van der Waals surface area contributed by atoms with Crippen molar-refractivity contribution in [3.8, 4) is 0 Å². The minimum Gasteiger partial charge on any atom is -0.322 e. The zero-order valence-electron chi connectivity index (χ0n) is 12.1. The number of para-hydroxylation sites is 1. The first-order valence-electron chi connectivity index (χ1n) is 7.28. The summed E-state index contributed by atoms with van der Waals surface area (Å²) in [6, 6.07) is 16.2. The first kappa shape index (κ1) is 14.5. The maximum atomic E-state index is 13.1. The molecule has 0 aliphatic carbocycles. The lowest BCUT2D eigenvalue weighted by Gasteiger charge is -2.06. The Morgan fingerprint density at radius 1 is 1.05 bits per heavy atom. The molecule has 22 heavy (non-hydrogen) atoms. The van der Waals surface area contributed by atoms with Gasteiger partial charge in [-0.05, 0) is 48.2 Å². The van der Waals surface area contributed by atoms with Crippen molar-refractivity contribution in [3.63, 3.8) is 0 Å². The molecule has 3 nitrogen and oxygen atoms in total. The van der Waals surface area contributed by atoms with Gasteiger partial charge >= 0.3 is 0 Å². The highest BCUT2D eigenvalue weighted by molar-refractivity contribution is 5.78. The molecule has 3 rings (SSSR count). The number of halogens is 1. The van der Waals surface area contributed by atoms with Crippen LogP contribution in [0.5, 0.6) is 0 Å². The number of H-pyrrole nitrogens is 1. The van der Waals surface area contributed by atoms with E-state index in [-0.39, 0.29) is 11.4 Å². The summed E-state index contributed by atoms with van der Waals surface area (Å²) in [7, 11) is 0. The van der Waals surface area contributed by atoms with Crippen LogP contribution in [0, 0.1) is 5.82 Å². The SMILES string of the molecule is O=c1[nH]c2ccccc2cc1CNCCc1cccc(F)c1. The highest BCUT2D eigenvalue weighted by atomic mass is 19.1. The molecule has 0 aliphatic rings. The number of rotatable bonds is 5. The van der Waals surface area contributed by atoms with Crippen LogP contribution in [0.2, 0.25) is 0 Å². The van der Waals surface area contributed by atoms with Gasteiger partial charge in [-0.25, -0.2) is 4.39 Å². The van der Waals surface area contributed by atoms with Crippen molar-refractivity contribution in [1.82, 2.24) is 10.3 Å². The Hall–Kier alpha value is -2.46. The van der Waals surface area contributed by atoms with Crippen molar-refractivity contribution in [3.05, 3.63) is 81.9 Å². The number of aromatic nitrogens is 1. The molecule has 2 N–H and O–H groups in total. The lowest BCUT2D eigenvalue weighted by atomic mass is 10.1. The molecule has 0 bridgehead atoms. The van der Waals surface area contributed by atoms with Crippen LogP contribution in [0.15, 0.2) is 59.4 Å². The zero-order chi connectivity index (χ0) is 15.4. The molecule has 4 heteroatoms. The molecule has 0 atom stereocenters. The van der Waals surface area contributed by atoms with E-state index in [1.165, 1.54) is 12.1 Å². The van der Waals surface area contributed by atoms with E-state index < -0.39 is 0 Å². The summed E-state index contributed by atoms with van der Waals surface area (Å²) in [6.45, 7) is 1.19. The predicted molar refractivity (Wildman–Crippen MR) is 86.4 cm³/mol. The number of aromatic amines is 1. The minimum absolute atomic E-state index is 0.0723. The molecule has 0 spiro atoms. The molecular formula is C18H17FN2O. The van der Waals surface area contributed by atoms with E-state index in [9.17, 15) is 9.18 Å². The Morgan fingerprint density at radius 2 is 1.91 bits per heavy atom. The van der Waals surface area contributed by atoms with E-state index in [4.69, 9.17) is 0 Å². The summed E-state index contributed by atoms with van der Waals surface area (Å²) in [4.78, 5) is 14.9. The van der Waals surface area contributed by atoms with Crippen LogP contribution in [-0.2, 0) is 13.0 Å². The fraction of sp³-hybridized carbons (Fsp3) is 0.167. The molecule has 3 aromatic rings. The van der Waals surface area contributed by atoms with Gasteiger partial charge in [-0.15, -0.1) is 0 Å². The van der Waals surface area contributed by atoms with Crippen molar-refractivity contribution in [2.75, 3.05) is 6.54 Å². The number of hydrogen-bond acceptors (Lipinski definition) is 2. The van der Waals surface area contributed by atoms with E-state index >= 15 is 0 Å². The number of pyridine rings is 1. The van der Waals surface area contributed by atoms with Gasteiger partial charge in [-0.2, -0.15) is 0 Å². The zero-order valence-corrected chi connectivity index (χ0v) is 12.1. The van der Waals surface area contributed by atoms with Gasteiger partial charge in [0.1, 0.15) is 5.82 Å². The van der Waals surface area contributed by atoms with E-state index in [1.807, 2.05) is 36.4 Å². The van der Waals surface area contributed by atoms with Gasteiger partial charge in [0.2, 0.25) is 0 Å². The monoisotopic (exact) mass is 296 g/mol. The second-order valence-corrected chi connectivity index (χ2v) is 5.27. The van der Waals surface area contributed by atoms with Crippen LogP contribution >= 0.6 is 0 Å². The van der Waals surface area contributed by atoms with Crippen LogP contribution in [-0.4, -0.2) is 11.5 Å². The van der Waals surface area contributed by atoms with E-state index in [0.717, 1.165) is 22.9 Å². The molecule has 0 unspecified atom stereocenters. The quantitative estimate of drug-likeness (QED) is 0.711. The van der Waals surface area contributed by atoms with Gasteiger partial charge in [0.05, 0.1) is 0 Å². The lowest BCUT2D eigenvalue weighted by molar-refractivity contribution is 0.622. The first-order chi connectivity index (χ1) is 10.7. The third kappa shape index (κ3) is 3.40. The third-order valence-electron chi connectivity index (χ3n) is 3.63. The van der Waals surface area contributed by atoms with Crippen LogP contribution in [0.3, 0.4) is 0 Å². The van der Waals surface area contributed by atoms with Crippen molar-refractivity contribution in [2.24, 2.45) is 0 Å². The maximum Gasteiger partial charge on any atom is 0.252 e. The largest absolute Gasteiger partial charge is 0.322 e. The van der Waals surface area contributed by atoms with Crippen molar-refractivity contribution < 1.29 is 4.39 Å². The number of hydrogen-bond donors (Lipinski definition) is 2. The Labute approximate surface area is 127 Å². The second kappa shape index (κ2) is 6.54. The van der Waals surface area contributed by atoms with Crippen LogP contribution in [0.4, 0.5) is 4.39 Å². The average Bonchev–Trinajstić information content (AvgIpc) is 2.52. The summed E-state index contributed by atoms with van der Waals surface area (Å²) in [5.41, 5.74) is 2.42. The smallest absolute Gasteiger partial charge is 0.252 e. The molecular weight excluding hydrogens is 279 g/mol. The lowest BCUT2D eigenvalue weighted by Crippen LogP contribution is -2.22. The van der Waals surface area contributed by atoms with Crippen molar-refractivity contribution in [2.45, 2.75) is 13.0 Å². The summed E-state index contributed by atoms with van der Waals surface area (Å²) < 4.78 is 13.1. The highest BCUT2D eigenvalue weighted by Gasteiger charge is 2.02. The van der Waals surface area contributed by atoms with Gasteiger partial charge in [0, 0.05) is 17.6 Å². The van der Waals surface area contributed by atoms with Gasteiger partial charge in [-0.3, -0.25) is 4.79 Å². The topological polar surface area (TPSA) is 44.9 Å². The van der Waals surface area contributed by atoms with Gasteiger partial charge < -0.3 is 10.3 Å². The summed E-state index contributed by atoms with van der Waals surface area (Å²) in [5, 5.41) is 4.25. The average molecular weight is 296 g/mol. The van der Waals surface area contributed by atoms with E-state index in [0.29, 0.717) is 18.7 Å². The molecule has 0 saturated carbocycles. The van der Waals surface area contributed by atoms with E-state index in [1.54, 1.807) is 6.07 Å². The molecule has 0 fully saturated rings. The molecule has 2 aromatic carbocycles. The summed E-state index contributed by atoms with van der Waals surface area (Å²) in [6.07, 6.45) is 0.725. The molecule has 1 aromatic heterocycles. The number of benzene rings is 2. The number of fused-ring (bicyclic) bond motifs is 1. The Bertz CT molecular complexity index is 842. The van der Waals surface area contributed by atoms with E-state index in [2.05, 4.69) is 10.3 Å². The van der Waals surface area contributed by atoms with Gasteiger partial charge in [0.15, 0.2) is 0 Å². The minimum atomic E-state index is -0.219. The standard InChI is InChI=1S/C18H17FN2O/c19-16-6-3-4-13(10-16)8-9-20-12-15-11-14-5-1-2-7-17(14)21-18(15)22/h1-7,10-11,20H,8-9,12H2,(H,21,22). The molecule has 0 amide bonds. The Morgan fingerprint density at radius 3 is 2.77 bits per heavy atom. The molecule has 112 valence electrons. The van der Waals surface area contributed by atoms with Crippen LogP contribution in [0.25, 0.3) is 10.9 Å². The third-order valence-corrected chi connectivity index (χ3v) is 3.63.